The zero-order chi connectivity index (χ0) is 18.6. The van der Waals surface area contributed by atoms with E-state index in [0.717, 1.165) is 12.0 Å². The van der Waals surface area contributed by atoms with Gasteiger partial charge in [0.25, 0.3) is 5.91 Å². The molecule has 0 spiro atoms. The van der Waals surface area contributed by atoms with E-state index in [2.05, 4.69) is 24.2 Å². The van der Waals surface area contributed by atoms with Crippen LogP contribution in [-0.2, 0) is 16.1 Å². The summed E-state index contributed by atoms with van der Waals surface area (Å²) in [4.78, 5) is 30.4. The Morgan fingerprint density at radius 1 is 1.44 bits per heavy atom. The van der Waals surface area contributed by atoms with E-state index in [0.29, 0.717) is 12.5 Å². The number of nitrogens with one attached hydrogen (secondary N) is 1. The molecule has 0 radical (unpaired) electrons. The molecule has 0 aromatic heterocycles. The summed E-state index contributed by atoms with van der Waals surface area (Å²) in [5, 5.41) is 12.4. The van der Waals surface area contributed by atoms with E-state index < -0.39 is 5.54 Å². The third kappa shape index (κ3) is 4.71. The topological polar surface area (TPSA) is 108 Å². The lowest BCUT2D eigenvalue weighted by atomic mass is 9.97. The number of hydrogen-bond donors (Lipinski definition) is 3. The summed E-state index contributed by atoms with van der Waals surface area (Å²) in [6.45, 7) is 6.56. The van der Waals surface area contributed by atoms with Crippen LogP contribution < -0.4 is 11.1 Å². The van der Waals surface area contributed by atoms with Gasteiger partial charge >= 0.3 is 0 Å². The monoisotopic (exact) mass is 346 g/mol. The highest BCUT2D eigenvalue weighted by Crippen LogP contribution is 2.27. The van der Waals surface area contributed by atoms with Crippen molar-refractivity contribution in [2.45, 2.75) is 45.7 Å². The fourth-order valence-corrected chi connectivity index (χ4v) is 2.74. The fraction of sp³-hybridized carbons (Fsp3) is 0.500. The molecule has 7 nitrogen and oxygen atoms in total. The molecule has 1 unspecified atom stereocenters. The van der Waals surface area contributed by atoms with Crippen molar-refractivity contribution in [3.05, 3.63) is 29.8 Å². The van der Waals surface area contributed by atoms with Gasteiger partial charge in [0.1, 0.15) is 11.3 Å². The molecule has 2 amide bonds. The second kappa shape index (κ2) is 7.55. The summed E-state index contributed by atoms with van der Waals surface area (Å²) in [6, 6.07) is 6.60. The third-order valence-corrected chi connectivity index (χ3v) is 4.14. The van der Waals surface area contributed by atoms with Gasteiger partial charge < -0.3 is 16.2 Å². The van der Waals surface area contributed by atoms with Gasteiger partial charge in [0.15, 0.2) is 5.96 Å². The summed E-state index contributed by atoms with van der Waals surface area (Å²) in [5.74, 6) is 0.174. The highest BCUT2D eigenvalue weighted by Gasteiger charge is 2.45. The smallest absolute Gasteiger partial charge is 0.257 e. The number of rotatable bonds is 7. The van der Waals surface area contributed by atoms with Crippen LogP contribution >= 0.6 is 0 Å². The SMILES string of the molecule is CC(C)CCNC(=O)CC1(C)N=C(N)N(Cc2cccc(O)c2)C1=O. The molecule has 0 bridgehead atoms. The quantitative estimate of drug-likeness (QED) is 0.693. The van der Waals surface area contributed by atoms with Crippen LogP contribution in [0.5, 0.6) is 5.75 Å². The molecule has 0 saturated carbocycles. The Bertz CT molecular complexity index is 687. The molecule has 1 aromatic carbocycles. The van der Waals surface area contributed by atoms with Gasteiger partial charge in [-0.05, 0) is 37.0 Å². The van der Waals surface area contributed by atoms with Crippen LogP contribution in [0, 0.1) is 5.92 Å². The Morgan fingerprint density at radius 3 is 2.80 bits per heavy atom. The van der Waals surface area contributed by atoms with E-state index in [-0.39, 0.29) is 36.5 Å². The van der Waals surface area contributed by atoms with E-state index in [1.807, 2.05) is 0 Å². The second-order valence-electron chi connectivity index (χ2n) is 7.01. The number of carbonyl (C=O) groups excluding carboxylic acids is 2. The summed E-state index contributed by atoms with van der Waals surface area (Å²) < 4.78 is 0. The lowest BCUT2D eigenvalue weighted by Crippen LogP contribution is -2.44. The van der Waals surface area contributed by atoms with Crippen molar-refractivity contribution in [2.75, 3.05) is 6.54 Å². The average Bonchev–Trinajstić information content (AvgIpc) is 2.70. The Balaban J connectivity index is 2.01. The maximum Gasteiger partial charge on any atom is 0.257 e. The summed E-state index contributed by atoms with van der Waals surface area (Å²) in [5.41, 5.74) is 5.45. The fourth-order valence-electron chi connectivity index (χ4n) is 2.74. The van der Waals surface area contributed by atoms with Crippen LogP contribution in [0.4, 0.5) is 0 Å². The molecule has 1 atom stereocenters. The molecule has 4 N–H and O–H groups in total. The predicted molar refractivity (Wildman–Crippen MR) is 95.8 cm³/mol. The number of nitrogens with zero attached hydrogens (tertiary/aromatic N) is 2. The minimum Gasteiger partial charge on any atom is -0.508 e. The maximum atomic E-state index is 12.7. The van der Waals surface area contributed by atoms with Crippen molar-refractivity contribution < 1.29 is 14.7 Å². The van der Waals surface area contributed by atoms with E-state index >= 15 is 0 Å². The Morgan fingerprint density at radius 2 is 2.16 bits per heavy atom. The van der Waals surface area contributed by atoms with Gasteiger partial charge in [-0.1, -0.05) is 26.0 Å². The number of aromatic hydroxyl groups is 1. The number of phenols is 1. The van der Waals surface area contributed by atoms with Crippen LogP contribution in [-0.4, -0.2) is 39.9 Å². The first-order chi connectivity index (χ1) is 11.7. The molecule has 1 aromatic rings. The van der Waals surface area contributed by atoms with Crippen molar-refractivity contribution in [1.82, 2.24) is 10.2 Å². The van der Waals surface area contributed by atoms with E-state index in [4.69, 9.17) is 5.73 Å². The number of aliphatic imine (C=N–C) groups is 1. The zero-order valence-corrected chi connectivity index (χ0v) is 15.0. The minimum atomic E-state index is -1.19. The van der Waals surface area contributed by atoms with E-state index in [1.54, 1.807) is 31.2 Å². The van der Waals surface area contributed by atoms with Gasteiger partial charge in [-0.3, -0.25) is 14.5 Å². The first kappa shape index (κ1) is 18.8. The number of carbonyl (C=O) groups is 2. The molecule has 1 aliphatic heterocycles. The molecule has 0 saturated heterocycles. The van der Waals surface area contributed by atoms with Crippen molar-refractivity contribution in [2.24, 2.45) is 16.6 Å². The van der Waals surface area contributed by atoms with E-state index in [1.165, 1.54) is 4.90 Å². The number of phenolic OH excluding ortho intramolecular Hbond substituents is 1. The van der Waals surface area contributed by atoms with Crippen LogP contribution in [0.25, 0.3) is 0 Å². The van der Waals surface area contributed by atoms with Crippen LogP contribution in [0.3, 0.4) is 0 Å². The number of benzene rings is 1. The minimum absolute atomic E-state index is 0.0405. The van der Waals surface area contributed by atoms with Crippen LogP contribution in [0.15, 0.2) is 29.3 Å². The van der Waals surface area contributed by atoms with Crippen molar-refractivity contribution >= 4 is 17.8 Å². The molecule has 1 aliphatic rings. The van der Waals surface area contributed by atoms with Gasteiger partial charge in [0.2, 0.25) is 5.91 Å². The Hall–Kier alpha value is -2.57. The Kier molecular flexibility index (Phi) is 5.66. The predicted octanol–water partition coefficient (Wildman–Crippen LogP) is 1.36. The highest BCUT2D eigenvalue weighted by molar-refractivity contribution is 6.08. The number of hydrogen-bond acceptors (Lipinski definition) is 5. The first-order valence-corrected chi connectivity index (χ1v) is 8.43. The molecular formula is C18H26N4O3. The first-order valence-electron chi connectivity index (χ1n) is 8.43. The maximum absolute atomic E-state index is 12.7. The summed E-state index contributed by atoms with van der Waals surface area (Å²) >= 11 is 0. The lowest BCUT2D eigenvalue weighted by Gasteiger charge is -2.22. The molecule has 136 valence electrons. The molecule has 0 aliphatic carbocycles. The van der Waals surface area contributed by atoms with Gasteiger partial charge in [-0.2, -0.15) is 0 Å². The zero-order valence-electron chi connectivity index (χ0n) is 15.0. The van der Waals surface area contributed by atoms with Gasteiger partial charge in [0.05, 0.1) is 13.0 Å². The van der Waals surface area contributed by atoms with Crippen LogP contribution in [0.2, 0.25) is 0 Å². The standard InChI is InChI=1S/C18H26N4O3/c1-12(2)7-8-20-15(24)10-18(3)16(25)22(17(19)21-18)11-13-5-4-6-14(23)9-13/h4-6,9,12,23H,7-8,10-11H2,1-3H3,(H2,19,21)(H,20,24). The van der Waals surface area contributed by atoms with Crippen molar-refractivity contribution in [1.29, 1.82) is 0 Å². The number of nitrogens with two attached hydrogens (primary N) is 1. The molecular weight excluding hydrogens is 320 g/mol. The largest absolute Gasteiger partial charge is 0.508 e. The molecule has 7 heteroatoms. The number of amides is 2. The molecule has 1 heterocycles. The highest BCUT2D eigenvalue weighted by atomic mass is 16.3. The number of guanidine groups is 1. The summed E-state index contributed by atoms with van der Waals surface area (Å²) in [7, 11) is 0. The molecule has 2 rings (SSSR count). The van der Waals surface area contributed by atoms with Gasteiger partial charge in [-0.15, -0.1) is 0 Å². The van der Waals surface area contributed by atoms with Gasteiger partial charge in [0, 0.05) is 6.54 Å². The van der Waals surface area contributed by atoms with Crippen LogP contribution in [0.1, 0.15) is 39.2 Å². The second-order valence-corrected chi connectivity index (χ2v) is 7.01. The van der Waals surface area contributed by atoms with Crippen molar-refractivity contribution in [3.63, 3.8) is 0 Å². The molecule has 0 fully saturated rings. The van der Waals surface area contributed by atoms with Crippen molar-refractivity contribution in [3.8, 4) is 5.75 Å². The third-order valence-electron chi connectivity index (χ3n) is 4.14. The normalized spacial score (nSPS) is 20.1. The Labute approximate surface area is 147 Å². The summed E-state index contributed by atoms with van der Waals surface area (Å²) in [6.07, 6.45) is 0.840. The average molecular weight is 346 g/mol. The van der Waals surface area contributed by atoms with Gasteiger partial charge in [-0.25, -0.2) is 4.99 Å². The lowest BCUT2D eigenvalue weighted by molar-refractivity contribution is -0.134. The molecule has 25 heavy (non-hydrogen) atoms. The van der Waals surface area contributed by atoms with E-state index in [9.17, 15) is 14.7 Å².